The van der Waals surface area contributed by atoms with E-state index in [-0.39, 0.29) is 24.0 Å². The van der Waals surface area contributed by atoms with E-state index in [2.05, 4.69) is 15.5 Å². The molecule has 2 fully saturated rings. The summed E-state index contributed by atoms with van der Waals surface area (Å²) in [7, 11) is 0. The highest BCUT2D eigenvalue weighted by molar-refractivity contribution is 7.17. The Balaban J connectivity index is 1.36. The minimum atomic E-state index is -0.533. The lowest BCUT2D eigenvalue weighted by atomic mass is 9.79. The molecule has 0 atom stereocenters. The molecule has 0 bridgehead atoms. The number of morpholine rings is 1. The van der Waals surface area contributed by atoms with Crippen molar-refractivity contribution in [1.82, 2.24) is 10.2 Å². The molecule has 2 aliphatic carbocycles. The molecule has 3 aliphatic rings. The van der Waals surface area contributed by atoms with Crippen LogP contribution in [-0.2, 0) is 31.9 Å². The lowest BCUT2D eigenvalue weighted by Crippen LogP contribution is -2.59. The molecule has 1 saturated carbocycles. The molecule has 0 unspecified atom stereocenters. The van der Waals surface area contributed by atoms with Crippen LogP contribution in [0.25, 0.3) is 0 Å². The van der Waals surface area contributed by atoms with E-state index in [1.807, 2.05) is 0 Å². The number of esters is 1. The number of nitrogens with one attached hydrogen (secondary N) is 2. The SMILES string of the molecule is CC(=O)Nc1sc2c(c1C(=O)OCC(=O)NCC1(N3CCOCC3)CCCCC1)CCCC2. The number of carbonyl (C=O) groups is 3. The summed E-state index contributed by atoms with van der Waals surface area (Å²) in [6.07, 6.45) is 9.48. The summed E-state index contributed by atoms with van der Waals surface area (Å²) in [5.74, 6) is -1.04. The molecule has 1 aromatic rings. The highest BCUT2D eigenvalue weighted by Crippen LogP contribution is 2.38. The first-order valence-corrected chi connectivity index (χ1v) is 13.0. The number of carbonyl (C=O) groups excluding carboxylic acids is 3. The zero-order chi connectivity index (χ0) is 23.3. The van der Waals surface area contributed by atoms with Crippen molar-refractivity contribution in [2.45, 2.75) is 70.3 Å². The predicted octanol–water partition coefficient (Wildman–Crippen LogP) is 2.89. The van der Waals surface area contributed by atoms with Gasteiger partial charge in [-0.15, -0.1) is 11.3 Å². The van der Waals surface area contributed by atoms with Crippen LogP contribution >= 0.6 is 11.3 Å². The largest absolute Gasteiger partial charge is 0.452 e. The van der Waals surface area contributed by atoms with E-state index < -0.39 is 5.97 Å². The van der Waals surface area contributed by atoms with Crippen molar-refractivity contribution in [2.24, 2.45) is 0 Å². The third kappa shape index (κ3) is 5.75. The van der Waals surface area contributed by atoms with Crippen molar-refractivity contribution in [3.8, 4) is 0 Å². The molecule has 0 radical (unpaired) electrons. The number of nitrogens with zero attached hydrogens (tertiary/aromatic N) is 1. The minimum absolute atomic E-state index is 0.0350. The fourth-order valence-electron chi connectivity index (χ4n) is 5.40. The van der Waals surface area contributed by atoms with Gasteiger partial charge in [0, 0.05) is 37.0 Å². The highest BCUT2D eigenvalue weighted by atomic mass is 32.1. The maximum Gasteiger partial charge on any atom is 0.341 e. The van der Waals surface area contributed by atoms with E-state index in [1.165, 1.54) is 24.7 Å². The van der Waals surface area contributed by atoms with Gasteiger partial charge in [0.25, 0.3) is 5.91 Å². The average Bonchev–Trinajstić information content (AvgIpc) is 3.19. The summed E-state index contributed by atoms with van der Waals surface area (Å²) in [5.41, 5.74) is 1.36. The third-order valence-electron chi connectivity index (χ3n) is 7.08. The zero-order valence-electron chi connectivity index (χ0n) is 19.5. The first-order chi connectivity index (χ1) is 16.0. The van der Waals surface area contributed by atoms with Gasteiger partial charge in [0.15, 0.2) is 6.61 Å². The molecule has 4 rings (SSSR count). The molecule has 2 amide bonds. The first kappa shape index (κ1) is 24.2. The Morgan fingerprint density at radius 2 is 1.79 bits per heavy atom. The quantitative estimate of drug-likeness (QED) is 0.586. The van der Waals surface area contributed by atoms with E-state index in [4.69, 9.17) is 9.47 Å². The molecular weight excluding hydrogens is 442 g/mol. The van der Waals surface area contributed by atoms with Gasteiger partial charge < -0.3 is 20.1 Å². The molecule has 1 aromatic heterocycles. The Labute approximate surface area is 199 Å². The Kier molecular flexibility index (Phi) is 8.03. The van der Waals surface area contributed by atoms with Gasteiger partial charge in [-0.25, -0.2) is 4.79 Å². The van der Waals surface area contributed by atoms with Gasteiger partial charge in [-0.1, -0.05) is 19.3 Å². The maximum absolute atomic E-state index is 12.9. The van der Waals surface area contributed by atoms with Crippen LogP contribution in [0.5, 0.6) is 0 Å². The van der Waals surface area contributed by atoms with Crippen LogP contribution in [0.1, 0.15) is 72.7 Å². The molecule has 33 heavy (non-hydrogen) atoms. The van der Waals surface area contributed by atoms with Crippen LogP contribution in [0.3, 0.4) is 0 Å². The van der Waals surface area contributed by atoms with Gasteiger partial charge in [-0.3, -0.25) is 14.5 Å². The molecule has 0 aromatic carbocycles. The molecular formula is C24H35N3O5S. The van der Waals surface area contributed by atoms with Crippen LogP contribution in [0, 0.1) is 0 Å². The fourth-order valence-corrected chi connectivity index (χ4v) is 6.72. The van der Waals surface area contributed by atoms with Crippen molar-refractivity contribution >= 4 is 34.1 Å². The van der Waals surface area contributed by atoms with E-state index >= 15 is 0 Å². The predicted molar refractivity (Wildman–Crippen MR) is 127 cm³/mol. The highest BCUT2D eigenvalue weighted by Gasteiger charge is 2.39. The second-order valence-electron chi connectivity index (χ2n) is 9.33. The van der Waals surface area contributed by atoms with E-state index in [0.29, 0.717) is 17.1 Å². The van der Waals surface area contributed by atoms with Gasteiger partial charge in [0.1, 0.15) is 5.00 Å². The molecule has 2 heterocycles. The molecule has 0 spiro atoms. The first-order valence-electron chi connectivity index (χ1n) is 12.2. The molecule has 1 aliphatic heterocycles. The molecule has 2 N–H and O–H groups in total. The number of hydrogen-bond donors (Lipinski definition) is 2. The standard InChI is InChI=1S/C24H35N3O5S/c1-17(28)26-22-21(18-7-3-4-8-19(18)33-22)23(30)32-15-20(29)25-16-24(9-5-2-6-10-24)27-11-13-31-14-12-27/h2-16H2,1H3,(H,25,29)(H,26,28). The van der Waals surface area contributed by atoms with Crippen molar-refractivity contribution < 1.29 is 23.9 Å². The lowest BCUT2D eigenvalue weighted by Gasteiger charge is -2.48. The van der Waals surface area contributed by atoms with Crippen LogP contribution < -0.4 is 10.6 Å². The van der Waals surface area contributed by atoms with Gasteiger partial charge >= 0.3 is 5.97 Å². The van der Waals surface area contributed by atoms with E-state index in [9.17, 15) is 14.4 Å². The number of amides is 2. The lowest BCUT2D eigenvalue weighted by molar-refractivity contribution is -0.125. The number of fused-ring (bicyclic) bond motifs is 1. The Bertz CT molecular complexity index is 872. The van der Waals surface area contributed by atoms with Gasteiger partial charge in [-0.2, -0.15) is 0 Å². The Hall–Kier alpha value is -1.97. The zero-order valence-corrected chi connectivity index (χ0v) is 20.3. The monoisotopic (exact) mass is 477 g/mol. The number of rotatable bonds is 7. The summed E-state index contributed by atoms with van der Waals surface area (Å²) in [6, 6.07) is 0. The van der Waals surface area contributed by atoms with E-state index in [1.54, 1.807) is 0 Å². The third-order valence-corrected chi connectivity index (χ3v) is 8.29. The van der Waals surface area contributed by atoms with Crippen LogP contribution in [0.4, 0.5) is 5.00 Å². The minimum Gasteiger partial charge on any atom is -0.452 e. The molecule has 1 saturated heterocycles. The van der Waals surface area contributed by atoms with Crippen LogP contribution in [0.15, 0.2) is 0 Å². The Morgan fingerprint density at radius 3 is 2.52 bits per heavy atom. The van der Waals surface area contributed by atoms with Gasteiger partial charge in [0.05, 0.1) is 18.8 Å². The summed E-state index contributed by atoms with van der Waals surface area (Å²) in [5, 5.41) is 6.34. The summed E-state index contributed by atoms with van der Waals surface area (Å²) in [6.45, 7) is 4.91. The number of ether oxygens (including phenoxy) is 2. The topological polar surface area (TPSA) is 97.0 Å². The van der Waals surface area contributed by atoms with Crippen LogP contribution in [0.2, 0.25) is 0 Å². The van der Waals surface area contributed by atoms with Crippen molar-refractivity contribution in [1.29, 1.82) is 0 Å². The molecule has 8 nitrogen and oxygen atoms in total. The van der Waals surface area contributed by atoms with Crippen molar-refractivity contribution in [3.63, 3.8) is 0 Å². The maximum atomic E-state index is 12.9. The number of anilines is 1. The normalized spacial score (nSPS) is 20.5. The number of hydrogen-bond acceptors (Lipinski definition) is 7. The number of thiophene rings is 1. The number of aryl methyl sites for hydroxylation is 1. The van der Waals surface area contributed by atoms with Crippen LogP contribution in [-0.4, -0.2) is 67.7 Å². The average molecular weight is 478 g/mol. The van der Waals surface area contributed by atoms with E-state index in [0.717, 1.165) is 88.1 Å². The summed E-state index contributed by atoms with van der Waals surface area (Å²) >= 11 is 1.45. The van der Waals surface area contributed by atoms with Gasteiger partial charge in [-0.05, 0) is 44.1 Å². The summed E-state index contributed by atoms with van der Waals surface area (Å²) in [4.78, 5) is 40.8. The molecule has 9 heteroatoms. The van der Waals surface area contributed by atoms with Gasteiger partial charge in [0.2, 0.25) is 5.91 Å². The summed E-state index contributed by atoms with van der Waals surface area (Å²) < 4.78 is 10.9. The second kappa shape index (κ2) is 11.0. The fraction of sp³-hybridized carbons (Fsp3) is 0.708. The second-order valence-corrected chi connectivity index (χ2v) is 10.4. The smallest absolute Gasteiger partial charge is 0.341 e. The Morgan fingerprint density at radius 1 is 1.06 bits per heavy atom. The van der Waals surface area contributed by atoms with Crippen molar-refractivity contribution in [2.75, 3.05) is 44.8 Å². The van der Waals surface area contributed by atoms with Crippen molar-refractivity contribution in [3.05, 3.63) is 16.0 Å². The molecule has 182 valence electrons.